The van der Waals surface area contributed by atoms with Crippen LogP contribution in [0.2, 0.25) is 0 Å². The molecule has 2 atom stereocenters. The van der Waals surface area contributed by atoms with Gasteiger partial charge in [-0.15, -0.1) is 0 Å². The van der Waals surface area contributed by atoms with Gasteiger partial charge in [0.25, 0.3) is 0 Å². The number of ether oxygens (including phenoxy) is 1. The van der Waals surface area contributed by atoms with Gasteiger partial charge in [-0.05, 0) is 51.0 Å². The van der Waals surface area contributed by atoms with Crippen molar-refractivity contribution < 1.29 is 14.6 Å². The van der Waals surface area contributed by atoms with E-state index in [-0.39, 0.29) is 5.92 Å². The zero-order valence-electron chi connectivity index (χ0n) is 18.7. The number of hydrogen-bond donors (Lipinski definition) is 1. The molecule has 1 N–H and O–H groups in total. The zero-order chi connectivity index (χ0) is 21.0. The lowest BCUT2D eigenvalue weighted by Gasteiger charge is -2.43. The van der Waals surface area contributed by atoms with Crippen molar-refractivity contribution in [2.75, 3.05) is 13.2 Å². The highest BCUT2D eigenvalue weighted by Gasteiger charge is 2.48. The van der Waals surface area contributed by atoms with E-state index in [1.54, 1.807) is 0 Å². The molecule has 30 heavy (non-hydrogen) atoms. The fraction of sp³-hybridized carbons (Fsp3) is 0.731. The van der Waals surface area contributed by atoms with Gasteiger partial charge in [0.1, 0.15) is 6.61 Å². The maximum absolute atomic E-state index is 13.3. The van der Waals surface area contributed by atoms with E-state index in [0.717, 1.165) is 32.2 Å². The predicted molar refractivity (Wildman–Crippen MR) is 119 cm³/mol. The van der Waals surface area contributed by atoms with Gasteiger partial charge < -0.3 is 9.84 Å². The molecule has 0 amide bonds. The zero-order valence-corrected chi connectivity index (χ0v) is 18.7. The summed E-state index contributed by atoms with van der Waals surface area (Å²) in [6.07, 6.45) is 14.2. The van der Waals surface area contributed by atoms with Gasteiger partial charge in [0.15, 0.2) is 5.60 Å². The molecule has 3 fully saturated rings. The van der Waals surface area contributed by atoms with Gasteiger partial charge in [0.2, 0.25) is 0 Å². The van der Waals surface area contributed by atoms with Crippen molar-refractivity contribution in [2.45, 2.75) is 101 Å². The number of aliphatic hydroxyl groups is 1. The molecule has 3 aliphatic rings. The Labute approximate surface area is 182 Å². The molecule has 4 rings (SSSR count). The van der Waals surface area contributed by atoms with Crippen LogP contribution >= 0.6 is 0 Å². The van der Waals surface area contributed by atoms with E-state index in [1.165, 1.54) is 51.4 Å². The van der Waals surface area contributed by atoms with Gasteiger partial charge in [-0.3, -0.25) is 4.90 Å². The lowest BCUT2D eigenvalue weighted by Crippen LogP contribution is -2.50. The number of benzene rings is 1. The number of likely N-dealkylation sites (tertiary alicyclic amines) is 1. The molecule has 2 aliphatic carbocycles. The Morgan fingerprint density at radius 3 is 2.40 bits per heavy atom. The van der Waals surface area contributed by atoms with E-state index >= 15 is 0 Å². The molecule has 4 nitrogen and oxygen atoms in total. The van der Waals surface area contributed by atoms with E-state index in [2.05, 4.69) is 11.8 Å². The van der Waals surface area contributed by atoms with Crippen LogP contribution in [0.1, 0.15) is 89.5 Å². The van der Waals surface area contributed by atoms with Crippen LogP contribution in [0.25, 0.3) is 0 Å². The molecule has 2 unspecified atom stereocenters. The Bertz CT molecular complexity index is 688. The summed E-state index contributed by atoms with van der Waals surface area (Å²) in [6.45, 7) is 3.46. The minimum atomic E-state index is -1.53. The largest absolute Gasteiger partial charge is 0.462 e. The fourth-order valence-corrected chi connectivity index (χ4v) is 6.53. The molecule has 2 saturated carbocycles. The SMILES string of the molecule is CC1CCC2(CCCCC2)N1CCOC(=O)C(O)(c1ccccc1)C1CCCCC1. The Kier molecular flexibility index (Phi) is 6.84. The minimum absolute atomic E-state index is 0.0588. The minimum Gasteiger partial charge on any atom is -0.462 e. The first-order valence-electron chi connectivity index (χ1n) is 12.3. The molecule has 1 heterocycles. The van der Waals surface area contributed by atoms with E-state index in [4.69, 9.17) is 4.74 Å². The molecule has 1 aliphatic heterocycles. The number of carbonyl (C=O) groups excluding carboxylic acids is 1. The summed E-state index contributed by atoms with van der Waals surface area (Å²) in [5.74, 6) is -0.512. The van der Waals surface area contributed by atoms with E-state index in [9.17, 15) is 9.90 Å². The molecule has 1 saturated heterocycles. The second kappa shape index (κ2) is 9.40. The topological polar surface area (TPSA) is 49.8 Å². The van der Waals surface area contributed by atoms with Gasteiger partial charge in [-0.1, -0.05) is 68.9 Å². The maximum Gasteiger partial charge on any atom is 0.343 e. The van der Waals surface area contributed by atoms with Gasteiger partial charge in [0.05, 0.1) is 0 Å². The smallest absolute Gasteiger partial charge is 0.343 e. The lowest BCUT2D eigenvalue weighted by atomic mass is 9.73. The van der Waals surface area contributed by atoms with Crippen LogP contribution in [-0.4, -0.2) is 40.7 Å². The predicted octanol–water partition coefficient (Wildman–Crippen LogP) is 5.18. The Morgan fingerprint density at radius 2 is 1.70 bits per heavy atom. The van der Waals surface area contributed by atoms with Gasteiger partial charge in [-0.25, -0.2) is 4.79 Å². The maximum atomic E-state index is 13.3. The third-order valence-corrected chi connectivity index (χ3v) is 8.24. The van der Waals surface area contributed by atoms with Crippen LogP contribution in [0, 0.1) is 5.92 Å². The molecular weight excluding hydrogens is 374 g/mol. The third-order valence-electron chi connectivity index (χ3n) is 8.24. The van der Waals surface area contributed by atoms with Crippen LogP contribution < -0.4 is 0 Å². The highest BCUT2D eigenvalue weighted by Crippen LogP contribution is 2.44. The monoisotopic (exact) mass is 413 g/mol. The van der Waals surface area contributed by atoms with Crippen molar-refractivity contribution in [1.82, 2.24) is 4.90 Å². The van der Waals surface area contributed by atoms with Crippen LogP contribution in [-0.2, 0) is 15.1 Å². The van der Waals surface area contributed by atoms with E-state index < -0.39 is 11.6 Å². The molecule has 1 aromatic carbocycles. The average Bonchev–Trinajstić information content (AvgIpc) is 3.09. The van der Waals surface area contributed by atoms with Crippen LogP contribution in [0.15, 0.2) is 30.3 Å². The summed E-state index contributed by atoms with van der Waals surface area (Å²) in [5.41, 5.74) is -0.524. The summed E-state index contributed by atoms with van der Waals surface area (Å²) in [7, 11) is 0. The first-order chi connectivity index (χ1) is 14.6. The van der Waals surface area contributed by atoms with Crippen LogP contribution in [0.3, 0.4) is 0 Å². The summed E-state index contributed by atoms with van der Waals surface area (Å²) in [6, 6.07) is 10.0. The number of hydrogen-bond acceptors (Lipinski definition) is 4. The van der Waals surface area contributed by atoms with Crippen molar-refractivity contribution >= 4 is 5.97 Å². The van der Waals surface area contributed by atoms with Crippen LogP contribution in [0.5, 0.6) is 0 Å². The first kappa shape index (κ1) is 21.8. The molecule has 4 heteroatoms. The van der Waals surface area contributed by atoms with Gasteiger partial charge in [0, 0.05) is 24.0 Å². The molecule has 0 bridgehead atoms. The van der Waals surface area contributed by atoms with E-state index in [1.807, 2.05) is 30.3 Å². The molecular formula is C26H39NO3. The lowest BCUT2D eigenvalue weighted by molar-refractivity contribution is -0.176. The molecule has 0 radical (unpaired) electrons. The van der Waals surface area contributed by atoms with E-state index in [0.29, 0.717) is 23.8 Å². The van der Waals surface area contributed by atoms with Gasteiger partial charge in [-0.2, -0.15) is 0 Å². The van der Waals surface area contributed by atoms with Crippen molar-refractivity contribution in [3.63, 3.8) is 0 Å². The first-order valence-corrected chi connectivity index (χ1v) is 12.3. The number of rotatable bonds is 6. The number of nitrogens with zero attached hydrogens (tertiary/aromatic N) is 1. The van der Waals surface area contributed by atoms with Crippen molar-refractivity contribution in [3.8, 4) is 0 Å². The quantitative estimate of drug-likeness (QED) is 0.653. The number of carbonyl (C=O) groups is 1. The highest BCUT2D eigenvalue weighted by atomic mass is 16.5. The second-order valence-corrected chi connectivity index (χ2v) is 9.97. The Hall–Kier alpha value is -1.39. The summed E-state index contributed by atoms with van der Waals surface area (Å²) in [5, 5.41) is 11.7. The Balaban J connectivity index is 1.44. The fourth-order valence-electron chi connectivity index (χ4n) is 6.53. The number of esters is 1. The second-order valence-electron chi connectivity index (χ2n) is 9.97. The normalized spacial score (nSPS) is 27.1. The molecule has 0 aromatic heterocycles. The third kappa shape index (κ3) is 4.18. The summed E-state index contributed by atoms with van der Waals surface area (Å²) < 4.78 is 5.83. The van der Waals surface area contributed by atoms with Gasteiger partial charge >= 0.3 is 5.97 Å². The Morgan fingerprint density at radius 1 is 1.03 bits per heavy atom. The van der Waals surface area contributed by atoms with Crippen molar-refractivity contribution in [1.29, 1.82) is 0 Å². The van der Waals surface area contributed by atoms with Crippen molar-refractivity contribution in [3.05, 3.63) is 35.9 Å². The molecule has 1 aromatic rings. The summed E-state index contributed by atoms with van der Waals surface area (Å²) >= 11 is 0. The molecule has 166 valence electrons. The highest BCUT2D eigenvalue weighted by molar-refractivity contribution is 5.81. The van der Waals surface area contributed by atoms with Crippen molar-refractivity contribution in [2.24, 2.45) is 5.92 Å². The average molecular weight is 414 g/mol. The van der Waals surface area contributed by atoms with Crippen LogP contribution in [0.4, 0.5) is 0 Å². The molecule has 1 spiro atoms. The standard InChI is InChI=1S/C26H39NO3/c1-21-15-18-25(16-9-4-10-17-25)27(21)19-20-30-24(28)26(29,22-11-5-2-6-12-22)23-13-7-3-8-14-23/h2,5-6,11-12,21,23,29H,3-4,7-10,13-20H2,1H3. The summed E-state index contributed by atoms with van der Waals surface area (Å²) in [4.78, 5) is 15.9.